The fourth-order valence-corrected chi connectivity index (χ4v) is 3.29. The number of likely N-dealkylation sites (tertiary alicyclic amines) is 1. The van der Waals surface area contributed by atoms with Gasteiger partial charge in [0.1, 0.15) is 17.4 Å². The molecule has 2 aromatic carbocycles. The van der Waals surface area contributed by atoms with Gasteiger partial charge in [-0.05, 0) is 43.5 Å². The number of hydrogen-bond donors (Lipinski definition) is 0. The molecule has 0 saturated carbocycles. The largest absolute Gasteiger partial charge is 0.494 e. The monoisotopic (exact) mass is 404 g/mol. The minimum Gasteiger partial charge on any atom is -0.494 e. The van der Waals surface area contributed by atoms with Crippen LogP contribution in [-0.2, 0) is 14.3 Å². The lowest BCUT2D eigenvalue weighted by molar-refractivity contribution is -0.157. The van der Waals surface area contributed by atoms with Gasteiger partial charge in [0.15, 0.2) is 0 Å². The molecule has 6 heteroatoms. The Morgan fingerprint density at radius 3 is 2.37 bits per heavy atom. The van der Waals surface area contributed by atoms with Gasteiger partial charge in [-0.1, -0.05) is 42.5 Å². The molecule has 0 spiro atoms. The zero-order valence-electron chi connectivity index (χ0n) is 16.9. The van der Waals surface area contributed by atoms with Crippen LogP contribution in [0.15, 0.2) is 60.2 Å². The van der Waals surface area contributed by atoms with E-state index in [1.807, 2.05) is 19.1 Å². The standard InChI is InChI=1S/C24H24N2O4/c1-2-29-21-12-10-18(11-13-21)16-20(17-25)24(28)30-22(19-8-4-3-5-9-19)23(27)26-14-6-7-15-26/h3-5,8-13,16,22H,2,6-7,14-15H2,1H3/b20-16+/t22-/m1/s1. The summed E-state index contributed by atoms with van der Waals surface area (Å²) < 4.78 is 10.9. The van der Waals surface area contributed by atoms with Crippen LogP contribution in [0.3, 0.4) is 0 Å². The fraction of sp³-hybridized carbons (Fsp3) is 0.292. The van der Waals surface area contributed by atoms with Crippen LogP contribution in [0.5, 0.6) is 5.75 Å². The van der Waals surface area contributed by atoms with Crippen LogP contribution in [0.25, 0.3) is 6.08 Å². The normalized spacial score (nSPS) is 14.7. The highest BCUT2D eigenvalue weighted by atomic mass is 16.5. The maximum Gasteiger partial charge on any atom is 0.350 e. The van der Waals surface area contributed by atoms with Crippen molar-refractivity contribution in [3.05, 3.63) is 71.3 Å². The van der Waals surface area contributed by atoms with Crippen LogP contribution in [0.2, 0.25) is 0 Å². The number of carbonyl (C=O) groups is 2. The second kappa shape index (κ2) is 10.3. The van der Waals surface area contributed by atoms with Crippen LogP contribution in [0.4, 0.5) is 0 Å². The summed E-state index contributed by atoms with van der Waals surface area (Å²) in [4.78, 5) is 27.4. The summed E-state index contributed by atoms with van der Waals surface area (Å²) >= 11 is 0. The number of nitrogens with zero attached hydrogens (tertiary/aromatic N) is 2. The molecule has 1 aliphatic heterocycles. The SMILES string of the molecule is CCOc1ccc(/C=C(\C#N)C(=O)O[C@@H](C(=O)N2CCCC2)c2ccccc2)cc1. The zero-order valence-corrected chi connectivity index (χ0v) is 16.9. The first-order chi connectivity index (χ1) is 14.6. The van der Waals surface area contributed by atoms with Crippen molar-refractivity contribution < 1.29 is 19.1 Å². The molecule has 6 nitrogen and oxygen atoms in total. The number of nitriles is 1. The Labute approximate surface area is 176 Å². The smallest absolute Gasteiger partial charge is 0.350 e. The molecule has 0 N–H and O–H groups in total. The quantitative estimate of drug-likeness (QED) is 0.397. The van der Waals surface area contributed by atoms with E-state index >= 15 is 0 Å². The van der Waals surface area contributed by atoms with E-state index in [1.54, 1.807) is 53.4 Å². The van der Waals surface area contributed by atoms with E-state index in [-0.39, 0.29) is 11.5 Å². The maximum atomic E-state index is 13.0. The first-order valence-electron chi connectivity index (χ1n) is 10.0. The Balaban J connectivity index is 1.81. The molecule has 0 bridgehead atoms. The van der Waals surface area contributed by atoms with Gasteiger partial charge in [0.2, 0.25) is 6.10 Å². The first-order valence-corrected chi connectivity index (χ1v) is 10.0. The van der Waals surface area contributed by atoms with Gasteiger partial charge >= 0.3 is 5.97 Å². The summed E-state index contributed by atoms with van der Waals surface area (Å²) in [5.74, 6) is -0.380. The van der Waals surface area contributed by atoms with Crippen molar-refractivity contribution in [1.82, 2.24) is 4.90 Å². The predicted octanol–water partition coefficient (Wildman–Crippen LogP) is 3.90. The molecule has 2 aromatic rings. The third-order valence-corrected chi connectivity index (χ3v) is 4.81. The second-order valence-electron chi connectivity index (χ2n) is 6.90. The Bertz CT molecular complexity index is 939. The molecule has 0 aliphatic carbocycles. The maximum absolute atomic E-state index is 13.0. The second-order valence-corrected chi connectivity index (χ2v) is 6.90. The lowest BCUT2D eigenvalue weighted by atomic mass is 10.1. The summed E-state index contributed by atoms with van der Waals surface area (Å²) in [5, 5.41) is 9.49. The van der Waals surface area contributed by atoms with Crippen molar-refractivity contribution >= 4 is 18.0 Å². The van der Waals surface area contributed by atoms with E-state index in [2.05, 4.69) is 0 Å². The molecule has 1 atom stereocenters. The van der Waals surface area contributed by atoms with Crippen LogP contribution >= 0.6 is 0 Å². The minimum atomic E-state index is -1.08. The van der Waals surface area contributed by atoms with Crippen molar-refractivity contribution in [3.8, 4) is 11.8 Å². The molecular formula is C24H24N2O4. The van der Waals surface area contributed by atoms with Crippen molar-refractivity contribution in [3.63, 3.8) is 0 Å². The molecule has 1 saturated heterocycles. The van der Waals surface area contributed by atoms with E-state index < -0.39 is 12.1 Å². The van der Waals surface area contributed by atoms with Gasteiger partial charge < -0.3 is 14.4 Å². The molecular weight excluding hydrogens is 380 g/mol. The molecule has 0 radical (unpaired) electrons. The van der Waals surface area contributed by atoms with Gasteiger partial charge in [0.25, 0.3) is 5.91 Å². The number of carbonyl (C=O) groups excluding carboxylic acids is 2. The number of benzene rings is 2. The highest BCUT2D eigenvalue weighted by Gasteiger charge is 2.31. The van der Waals surface area contributed by atoms with Gasteiger partial charge in [-0.25, -0.2) is 4.79 Å². The van der Waals surface area contributed by atoms with Crippen molar-refractivity contribution in [1.29, 1.82) is 5.26 Å². The highest BCUT2D eigenvalue weighted by Crippen LogP contribution is 2.24. The number of rotatable bonds is 7. The molecule has 1 heterocycles. The van der Waals surface area contributed by atoms with E-state index in [0.29, 0.717) is 36.6 Å². The number of hydrogen-bond acceptors (Lipinski definition) is 5. The lowest BCUT2D eigenvalue weighted by Gasteiger charge is -2.23. The van der Waals surface area contributed by atoms with E-state index in [9.17, 15) is 14.9 Å². The van der Waals surface area contributed by atoms with Crippen molar-refractivity contribution in [2.75, 3.05) is 19.7 Å². The van der Waals surface area contributed by atoms with Crippen molar-refractivity contribution in [2.45, 2.75) is 25.9 Å². The van der Waals surface area contributed by atoms with Crippen LogP contribution < -0.4 is 4.74 Å². The van der Waals surface area contributed by atoms with Gasteiger partial charge in [-0.2, -0.15) is 5.26 Å². The van der Waals surface area contributed by atoms with E-state index in [0.717, 1.165) is 12.8 Å². The van der Waals surface area contributed by atoms with E-state index in [1.165, 1.54) is 6.08 Å². The van der Waals surface area contributed by atoms with Gasteiger partial charge in [-0.15, -0.1) is 0 Å². The topological polar surface area (TPSA) is 79.6 Å². The third kappa shape index (κ3) is 5.26. The Kier molecular flexibility index (Phi) is 7.23. The molecule has 1 aliphatic rings. The summed E-state index contributed by atoms with van der Waals surface area (Å²) in [7, 11) is 0. The first kappa shape index (κ1) is 21.1. The molecule has 154 valence electrons. The Morgan fingerprint density at radius 1 is 1.10 bits per heavy atom. The van der Waals surface area contributed by atoms with Gasteiger partial charge in [-0.3, -0.25) is 4.79 Å². The Hall–Kier alpha value is -3.59. The number of amides is 1. The molecule has 1 amide bonds. The fourth-order valence-electron chi connectivity index (χ4n) is 3.29. The van der Waals surface area contributed by atoms with Gasteiger partial charge in [0, 0.05) is 18.7 Å². The summed E-state index contributed by atoms with van der Waals surface area (Å²) in [6.07, 6.45) is 2.24. The lowest BCUT2D eigenvalue weighted by Crippen LogP contribution is -2.35. The Morgan fingerprint density at radius 2 is 1.77 bits per heavy atom. The number of ether oxygens (including phenoxy) is 2. The summed E-state index contributed by atoms with van der Waals surface area (Å²) in [6, 6.07) is 17.8. The zero-order chi connectivity index (χ0) is 21.3. The van der Waals surface area contributed by atoms with E-state index in [4.69, 9.17) is 9.47 Å². The average Bonchev–Trinajstić information content (AvgIpc) is 3.32. The predicted molar refractivity (Wildman–Crippen MR) is 112 cm³/mol. The molecule has 30 heavy (non-hydrogen) atoms. The summed E-state index contributed by atoms with van der Waals surface area (Å²) in [6.45, 7) is 3.74. The average molecular weight is 404 g/mol. The van der Waals surface area contributed by atoms with Gasteiger partial charge in [0.05, 0.1) is 6.61 Å². The number of esters is 1. The van der Waals surface area contributed by atoms with Crippen molar-refractivity contribution in [2.24, 2.45) is 0 Å². The van der Waals surface area contributed by atoms with Crippen LogP contribution in [-0.4, -0.2) is 36.5 Å². The van der Waals surface area contributed by atoms with Crippen LogP contribution in [0.1, 0.15) is 37.0 Å². The molecule has 0 unspecified atom stereocenters. The third-order valence-electron chi connectivity index (χ3n) is 4.81. The molecule has 0 aromatic heterocycles. The molecule has 3 rings (SSSR count). The minimum absolute atomic E-state index is 0.172. The summed E-state index contributed by atoms with van der Waals surface area (Å²) in [5.41, 5.74) is 1.07. The molecule has 1 fully saturated rings. The van der Waals surface area contributed by atoms with Crippen LogP contribution in [0, 0.1) is 11.3 Å². The highest BCUT2D eigenvalue weighted by molar-refractivity contribution is 5.99.